The van der Waals surface area contributed by atoms with Crippen molar-refractivity contribution < 1.29 is 9.53 Å². The minimum absolute atomic E-state index is 0.00805. The summed E-state index contributed by atoms with van der Waals surface area (Å²) in [6, 6.07) is 5.92. The van der Waals surface area contributed by atoms with Crippen LogP contribution in [0.4, 0.5) is 5.69 Å². The fraction of sp³-hybridized carbons (Fsp3) is 0.462. The van der Waals surface area contributed by atoms with Gasteiger partial charge in [-0.25, -0.2) is 0 Å². The predicted molar refractivity (Wildman–Crippen MR) is 74.6 cm³/mol. The number of ether oxygens (including phenoxy) is 1. The summed E-state index contributed by atoms with van der Waals surface area (Å²) in [5.41, 5.74) is 7.57. The number of carbonyl (C=O) groups is 1. The summed E-state index contributed by atoms with van der Waals surface area (Å²) < 4.78 is 6.48. The Balaban J connectivity index is 2.21. The van der Waals surface area contributed by atoms with Crippen LogP contribution in [0.3, 0.4) is 0 Å². The minimum atomic E-state index is 0.00805. The molecule has 1 unspecified atom stereocenters. The molecule has 2 rings (SSSR count). The first-order chi connectivity index (χ1) is 8.61. The van der Waals surface area contributed by atoms with Crippen molar-refractivity contribution in [3.63, 3.8) is 0 Å². The third kappa shape index (κ3) is 2.91. The Kier molecular flexibility index (Phi) is 4.37. The molecule has 98 valence electrons. The SMILES string of the molecule is Cc1cc(Br)ccc1N1CC(CCN)OCC1=O. The maximum Gasteiger partial charge on any atom is 0.253 e. The Morgan fingerprint density at radius 2 is 2.33 bits per heavy atom. The first-order valence-electron chi connectivity index (χ1n) is 6.00. The van der Waals surface area contributed by atoms with Gasteiger partial charge in [0.1, 0.15) is 6.61 Å². The van der Waals surface area contributed by atoms with Gasteiger partial charge < -0.3 is 15.4 Å². The number of rotatable bonds is 3. The van der Waals surface area contributed by atoms with Crippen molar-refractivity contribution in [2.45, 2.75) is 19.4 Å². The molecule has 18 heavy (non-hydrogen) atoms. The molecule has 0 aliphatic carbocycles. The van der Waals surface area contributed by atoms with Gasteiger partial charge in [0.05, 0.1) is 12.6 Å². The molecule has 0 aromatic heterocycles. The number of nitrogens with zero attached hydrogens (tertiary/aromatic N) is 1. The molecule has 1 aliphatic heterocycles. The molecule has 1 aromatic rings. The number of amides is 1. The summed E-state index contributed by atoms with van der Waals surface area (Å²) in [6.45, 7) is 3.30. The lowest BCUT2D eigenvalue weighted by atomic mass is 10.1. The number of nitrogens with two attached hydrogens (primary N) is 1. The van der Waals surface area contributed by atoms with Crippen LogP contribution in [0, 0.1) is 6.92 Å². The van der Waals surface area contributed by atoms with Crippen LogP contribution in [0.25, 0.3) is 0 Å². The molecular weight excluding hydrogens is 296 g/mol. The lowest BCUT2D eigenvalue weighted by Crippen LogP contribution is -2.47. The lowest BCUT2D eigenvalue weighted by molar-refractivity contribution is -0.129. The highest BCUT2D eigenvalue weighted by atomic mass is 79.9. The predicted octanol–water partition coefficient (Wildman–Crippen LogP) is 1.84. The van der Waals surface area contributed by atoms with E-state index in [0.29, 0.717) is 13.1 Å². The Morgan fingerprint density at radius 3 is 3.00 bits per heavy atom. The van der Waals surface area contributed by atoms with E-state index in [1.54, 1.807) is 4.90 Å². The van der Waals surface area contributed by atoms with E-state index >= 15 is 0 Å². The largest absolute Gasteiger partial charge is 0.366 e. The fourth-order valence-corrected chi connectivity index (χ4v) is 2.62. The summed E-state index contributed by atoms with van der Waals surface area (Å²) in [7, 11) is 0. The van der Waals surface area contributed by atoms with E-state index in [4.69, 9.17) is 10.5 Å². The summed E-state index contributed by atoms with van der Waals surface area (Å²) in [5, 5.41) is 0. The Bertz CT molecular complexity index is 451. The first-order valence-corrected chi connectivity index (χ1v) is 6.79. The second-order valence-corrected chi connectivity index (χ2v) is 5.36. The van der Waals surface area contributed by atoms with Gasteiger partial charge >= 0.3 is 0 Å². The van der Waals surface area contributed by atoms with E-state index in [9.17, 15) is 4.79 Å². The van der Waals surface area contributed by atoms with Gasteiger partial charge in [0.15, 0.2) is 0 Å². The zero-order valence-corrected chi connectivity index (χ0v) is 11.9. The average molecular weight is 313 g/mol. The normalized spacial score (nSPS) is 20.3. The van der Waals surface area contributed by atoms with Crippen molar-refractivity contribution in [2.24, 2.45) is 5.73 Å². The van der Waals surface area contributed by atoms with Crippen LogP contribution in [0.2, 0.25) is 0 Å². The van der Waals surface area contributed by atoms with Gasteiger partial charge in [-0.15, -0.1) is 0 Å². The van der Waals surface area contributed by atoms with E-state index in [-0.39, 0.29) is 18.6 Å². The second kappa shape index (κ2) is 5.82. The van der Waals surface area contributed by atoms with Crippen LogP contribution in [0.5, 0.6) is 0 Å². The fourth-order valence-electron chi connectivity index (χ4n) is 2.14. The van der Waals surface area contributed by atoms with Gasteiger partial charge in [-0.2, -0.15) is 0 Å². The number of halogens is 1. The molecule has 1 aromatic carbocycles. The number of benzene rings is 1. The number of carbonyl (C=O) groups excluding carboxylic acids is 1. The average Bonchev–Trinajstić information content (AvgIpc) is 2.33. The Labute approximate surface area is 115 Å². The first kappa shape index (κ1) is 13.5. The van der Waals surface area contributed by atoms with Crippen molar-refractivity contribution in [3.8, 4) is 0 Å². The zero-order valence-electron chi connectivity index (χ0n) is 10.4. The smallest absolute Gasteiger partial charge is 0.253 e. The van der Waals surface area contributed by atoms with Gasteiger partial charge in [-0.1, -0.05) is 15.9 Å². The third-order valence-electron chi connectivity index (χ3n) is 3.07. The summed E-state index contributed by atoms with van der Waals surface area (Å²) >= 11 is 3.43. The van der Waals surface area contributed by atoms with E-state index in [1.807, 2.05) is 25.1 Å². The topological polar surface area (TPSA) is 55.6 Å². The molecule has 1 saturated heterocycles. The monoisotopic (exact) mass is 312 g/mol. The van der Waals surface area contributed by atoms with Crippen LogP contribution in [0.1, 0.15) is 12.0 Å². The minimum Gasteiger partial charge on any atom is -0.366 e. The van der Waals surface area contributed by atoms with Crippen LogP contribution in [-0.2, 0) is 9.53 Å². The van der Waals surface area contributed by atoms with E-state index in [1.165, 1.54) is 0 Å². The second-order valence-electron chi connectivity index (χ2n) is 4.45. The molecule has 2 N–H and O–H groups in total. The summed E-state index contributed by atoms with van der Waals surface area (Å²) in [4.78, 5) is 13.7. The molecule has 1 heterocycles. The molecule has 0 radical (unpaired) electrons. The lowest BCUT2D eigenvalue weighted by Gasteiger charge is -2.33. The van der Waals surface area contributed by atoms with Crippen LogP contribution in [0.15, 0.2) is 22.7 Å². The summed E-state index contributed by atoms with van der Waals surface area (Å²) in [6.07, 6.45) is 0.815. The van der Waals surface area contributed by atoms with Crippen molar-refractivity contribution in [2.75, 3.05) is 24.6 Å². The maximum absolute atomic E-state index is 11.9. The van der Waals surface area contributed by atoms with Crippen molar-refractivity contribution in [1.82, 2.24) is 0 Å². The Hall–Kier alpha value is -0.910. The summed E-state index contributed by atoms with van der Waals surface area (Å²) in [5.74, 6) is 0.00805. The number of hydrogen-bond acceptors (Lipinski definition) is 3. The van der Waals surface area contributed by atoms with E-state index < -0.39 is 0 Å². The molecule has 1 aliphatic rings. The molecule has 1 fully saturated rings. The number of morpholine rings is 1. The molecule has 0 spiro atoms. The van der Waals surface area contributed by atoms with Crippen LogP contribution < -0.4 is 10.6 Å². The molecule has 4 nitrogen and oxygen atoms in total. The highest BCUT2D eigenvalue weighted by Gasteiger charge is 2.27. The van der Waals surface area contributed by atoms with Gasteiger partial charge in [0, 0.05) is 10.2 Å². The highest BCUT2D eigenvalue weighted by Crippen LogP contribution is 2.26. The van der Waals surface area contributed by atoms with E-state index in [0.717, 1.165) is 22.1 Å². The van der Waals surface area contributed by atoms with Gasteiger partial charge in [0.2, 0.25) is 0 Å². The van der Waals surface area contributed by atoms with Crippen LogP contribution >= 0.6 is 15.9 Å². The highest BCUT2D eigenvalue weighted by molar-refractivity contribution is 9.10. The quantitative estimate of drug-likeness (QED) is 0.926. The maximum atomic E-state index is 11.9. The van der Waals surface area contributed by atoms with Crippen molar-refractivity contribution in [1.29, 1.82) is 0 Å². The van der Waals surface area contributed by atoms with Gasteiger partial charge in [0.25, 0.3) is 5.91 Å². The number of aryl methyl sites for hydroxylation is 1. The molecule has 0 bridgehead atoms. The van der Waals surface area contributed by atoms with Crippen LogP contribution in [-0.4, -0.2) is 31.7 Å². The molecule has 0 saturated carbocycles. The molecular formula is C13H17BrN2O2. The Morgan fingerprint density at radius 1 is 1.56 bits per heavy atom. The van der Waals surface area contributed by atoms with Crippen molar-refractivity contribution in [3.05, 3.63) is 28.2 Å². The molecule has 5 heteroatoms. The van der Waals surface area contributed by atoms with E-state index in [2.05, 4.69) is 15.9 Å². The number of hydrogen-bond donors (Lipinski definition) is 1. The van der Waals surface area contributed by atoms with Gasteiger partial charge in [-0.3, -0.25) is 4.79 Å². The molecule has 1 atom stereocenters. The third-order valence-corrected chi connectivity index (χ3v) is 3.56. The molecule has 1 amide bonds. The number of anilines is 1. The van der Waals surface area contributed by atoms with Gasteiger partial charge in [-0.05, 0) is 43.7 Å². The van der Waals surface area contributed by atoms with Crippen molar-refractivity contribution >= 4 is 27.5 Å². The zero-order chi connectivity index (χ0) is 13.1. The standard InChI is InChI=1S/C13H17BrN2O2/c1-9-6-10(14)2-3-12(9)16-7-11(4-5-15)18-8-13(16)17/h2-3,6,11H,4-5,7-8,15H2,1H3.